The first kappa shape index (κ1) is 15.3. The molecular weight excluding hydrogens is 292 g/mol. The molecule has 5 heteroatoms. The number of hydroxylamine groups is 2. The summed E-state index contributed by atoms with van der Waals surface area (Å²) in [4.78, 5) is 9.47. The molecule has 0 aliphatic rings. The van der Waals surface area contributed by atoms with E-state index in [1.807, 2.05) is 55.6 Å². The first-order chi connectivity index (χ1) is 11.2. The summed E-state index contributed by atoms with van der Waals surface area (Å²) in [5, 5.41) is 13.3. The molecule has 0 unspecified atom stereocenters. The molecule has 3 rings (SSSR count). The number of hydrogen-bond donors (Lipinski definition) is 1. The summed E-state index contributed by atoms with van der Waals surface area (Å²) in [6.45, 7) is 0.502. The predicted molar refractivity (Wildman–Crippen MR) is 88.4 cm³/mol. The summed E-state index contributed by atoms with van der Waals surface area (Å²) in [7, 11) is 3.43. The highest BCUT2D eigenvalue weighted by atomic mass is 16.7. The minimum absolute atomic E-state index is 0.148. The second-order valence-corrected chi connectivity index (χ2v) is 5.18. The zero-order valence-electron chi connectivity index (χ0n) is 13.1. The van der Waals surface area contributed by atoms with Crippen LogP contribution in [-0.2, 0) is 11.4 Å². The van der Waals surface area contributed by atoms with Gasteiger partial charge in [0.05, 0.1) is 25.5 Å². The maximum absolute atomic E-state index is 10.0. The Labute approximate surface area is 134 Å². The summed E-state index contributed by atoms with van der Waals surface area (Å²) in [5.41, 5.74) is 0.806. The fourth-order valence-corrected chi connectivity index (χ4v) is 2.35. The van der Waals surface area contributed by atoms with Crippen LogP contribution in [0.5, 0.6) is 17.2 Å². The van der Waals surface area contributed by atoms with Crippen molar-refractivity contribution in [3.8, 4) is 17.2 Å². The van der Waals surface area contributed by atoms with Crippen LogP contribution in [0.3, 0.4) is 0 Å². The second kappa shape index (κ2) is 6.64. The molecular formula is C18H18N2O3. The molecule has 1 N–H and O–H groups in total. The number of para-hydroxylation sites is 1. The molecule has 0 radical (unpaired) electrons. The van der Waals surface area contributed by atoms with E-state index in [-0.39, 0.29) is 5.75 Å². The van der Waals surface area contributed by atoms with E-state index >= 15 is 0 Å². The van der Waals surface area contributed by atoms with Gasteiger partial charge in [-0.05, 0) is 30.3 Å². The van der Waals surface area contributed by atoms with Crippen molar-refractivity contribution in [2.75, 3.05) is 14.2 Å². The molecule has 1 aromatic heterocycles. The van der Waals surface area contributed by atoms with Crippen molar-refractivity contribution in [1.29, 1.82) is 0 Å². The van der Waals surface area contributed by atoms with E-state index in [1.165, 1.54) is 6.20 Å². The van der Waals surface area contributed by atoms with Crippen LogP contribution in [0.2, 0.25) is 0 Å². The Hall–Kier alpha value is -2.63. The molecule has 118 valence electrons. The summed E-state index contributed by atoms with van der Waals surface area (Å²) < 4.78 is 5.86. The van der Waals surface area contributed by atoms with Crippen molar-refractivity contribution in [3.05, 3.63) is 60.4 Å². The fraction of sp³-hybridized carbons (Fsp3) is 0.167. The summed E-state index contributed by atoms with van der Waals surface area (Å²) in [5.74, 6) is 1.60. The first-order valence-electron chi connectivity index (χ1n) is 7.26. The number of hydrogen-bond acceptors (Lipinski definition) is 5. The minimum Gasteiger partial charge on any atom is -0.506 e. The molecule has 0 aliphatic carbocycles. The molecule has 5 nitrogen and oxygen atoms in total. The van der Waals surface area contributed by atoms with Crippen molar-refractivity contribution >= 4 is 10.8 Å². The van der Waals surface area contributed by atoms with E-state index in [2.05, 4.69) is 4.98 Å². The van der Waals surface area contributed by atoms with Crippen LogP contribution < -0.4 is 4.74 Å². The molecule has 2 aromatic carbocycles. The molecule has 0 atom stereocenters. The van der Waals surface area contributed by atoms with E-state index in [9.17, 15) is 5.11 Å². The number of fused-ring (bicyclic) bond motifs is 1. The third-order valence-corrected chi connectivity index (χ3v) is 3.58. The summed E-state index contributed by atoms with van der Waals surface area (Å²) >= 11 is 0. The number of nitrogens with zero attached hydrogens (tertiary/aromatic N) is 2. The molecule has 3 aromatic rings. The average molecular weight is 310 g/mol. The van der Waals surface area contributed by atoms with Crippen molar-refractivity contribution < 1.29 is 14.7 Å². The fourth-order valence-electron chi connectivity index (χ4n) is 2.35. The summed E-state index contributed by atoms with van der Waals surface area (Å²) in [6, 6.07) is 15.1. The Morgan fingerprint density at radius 1 is 1.04 bits per heavy atom. The van der Waals surface area contributed by atoms with Gasteiger partial charge in [0.25, 0.3) is 0 Å². The molecule has 0 amide bonds. The van der Waals surface area contributed by atoms with Crippen LogP contribution in [0.25, 0.3) is 10.8 Å². The van der Waals surface area contributed by atoms with Gasteiger partial charge in [-0.3, -0.25) is 4.98 Å². The van der Waals surface area contributed by atoms with Gasteiger partial charge in [-0.1, -0.05) is 18.2 Å². The topological polar surface area (TPSA) is 54.8 Å². The van der Waals surface area contributed by atoms with E-state index in [4.69, 9.17) is 9.57 Å². The molecule has 23 heavy (non-hydrogen) atoms. The van der Waals surface area contributed by atoms with Crippen LogP contribution >= 0.6 is 0 Å². The lowest BCUT2D eigenvalue weighted by molar-refractivity contribution is -0.117. The molecule has 1 heterocycles. The Morgan fingerprint density at radius 2 is 1.83 bits per heavy atom. The average Bonchev–Trinajstić information content (AvgIpc) is 2.58. The van der Waals surface area contributed by atoms with Gasteiger partial charge in [0.1, 0.15) is 17.2 Å². The van der Waals surface area contributed by atoms with Crippen LogP contribution in [0.1, 0.15) is 5.69 Å². The molecule has 0 saturated carbocycles. The largest absolute Gasteiger partial charge is 0.506 e. The lowest BCUT2D eigenvalue weighted by Crippen LogP contribution is -2.16. The van der Waals surface area contributed by atoms with E-state index in [1.54, 1.807) is 12.2 Å². The Bertz CT molecular complexity index is 806. The molecule has 0 fully saturated rings. The van der Waals surface area contributed by atoms with E-state index < -0.39 is 0 Å². The number of aromatic hydroxyl groups is 1. The lowest BCUT2D eigenvalue weighted by Gasteiger charge is -2.15. The van der Waals surface area contributed by atoms with Gasteiger partial charge in [0.15, 0.2) is 0 Å². The third-order valence-electron chi connectivity index (χ3n) is 3.58. The maximum atomic E-state index is 10.0. The Morgan fingerprint density at radius 3 is 2.57 bits per heavy atom. The zero-order chi connectivity index (χ0) is 16.2. The van der Waals surface area contributed by atoms with Gasteiger partial charge < -0.3 is 14.7 Å². The summed E-state index contributed by atoms with van der Waals surface area (Å²) in [6.07, 6.45) is 1.46. The zero-order valence-corrected chi connectivity index (χ0v) is 13.1. The standard InChI is InChI=1S/C18H18N2O3/c1-20(22-2)12-17-16-10-14(23-13-6-4-3-5-7-13)8-9-15(16)18(21)11-19-17/h3-11,21H,12H2,1-2H3. The van der Waals surface area contributed by atoms with Crippen LogP contribution in [0.4, 0.5) is 0 Å². The Balaban J connectivity index is 2.01. The highest BCUT2D eigenvalue weighted by molar-refractivity contribution is 5.90. The van der Waals surface area contributed by atoms with Crippen molar-refractivity contribution in [2.45, 2.75) is 6.54 Å². The van der Waals surface area contributed by atoms with Gasteiger partial charge >= 0.3 is 0 Å². The van der Waals surface area contributed by atoms with Crippen LogP contribution in [0, 0.1) is 0 Å². The first-order valence-corrected chi connectivity index (χ1v) is 7.26. The SMILES string of the molecule is CON(C)Cc1ncc(O)c2ccc(Oc3ccccc3)cc12. The van der Waals surface area contributed by atoms with E-state index in [0.717, 1.165) is 22.2 Å². The highest BCUT2D eigenvalue weighted by Gasteiger charge is 2.11. The second-order valence-electron chi connectivity index (χ2n) is 5.18. The van der Waals surface area contributed by atoms with Crippen LogP contribution in [0.15, 0.2) is 54.7 Å². The molecule has 0 spiro atoms. The lowest BCUT2D eigenvalue weighted by atomic mass is 10.1. The number of aromatic nitrogens is 1. The van der Waals surface area contributed by atoms with Crippen LogP contribution in [-0.4, -0.2) is 29.3 Å². The van der Waals surface area contributed by atoms with Gasteiger partial charge in [0.2, 0.25) is 0 Å². The van der Waals surface area contributed by atoms with E-state index in [0.29, 0.717) is 12.3 Å². The monoisotopic (exact) mass is 310 g/mol. The van der Waals surface area contributed by atoms with Gasteiger partial charge in [-0.15, -0.1) is 0 Å². The number of ether oxygens (including phenoxy) is 1. The number of pyridine rings is 1. The highest BCUT2D eigenvalue weighted by Crippen LogP contribution is 2.31. The predicted octanol–water partition coefficient (Wildman–Crippen LogP) is 3.73. The molecule has 0 bridgehead atoms. The Kier molecular flexibility index (Phi) is 4.41. The number of rotatable bonds is 5. The minimum atomic E-state index is 0.148. The van der Waals surface area contributed by atoms with Gasteiger partial charge in [-0.2, -0.15) is 5.06 Å². The van der Waals surface area contributed by atoms with Crippen molar-refractivity contribution in [1.82, 2.24) is 10.0 Å². The normalized spacial score (nSPS) is 11.1. The van der Waals surface area contributed by atoms with Crippen molar-refractivity contribution in [2.24, 2.45) is 0 Å². The maximum Gasteiger partial charge on any atom is 0.141 e. The van der Waals surface area contributed by atoms with Gasteiger partial charge in [-0.25, -0.2) is 0 Å². The third kappa shape index (κ3) is 3.41. The molecule has 0 aliphatic heterocycles. The quantitative estimate of drug-likeness (QED) is 0.728. The van der Waals surface area contributed by atoms with Crippen molar-refractivity contribution in [3.63, 3.8) is 0 Å². The van der Waals surface area contributed by atoms with Gasteiger partial charge in [0, 0.05) is 17.8 Å². The number of benzene rings is 2. The molecule has 0 saturated heterocycles. The smallest absolute Gasteiger partial charge is 0.141 e.